The van der Waals surface area contributed by atoms with Gasteiger partial charge in [-0.2, -0.15) is 5.26 Å². The molecule has 122 valence electrons. The minimum Gasteiger partial charge on any atom is -0.467 e. The number of carbonyl (C=O) groups is 2. The highest BCUT2D eigenvalue weighted by Gasteiger charge is 2.09. The first-order valence-corrected chi connectivity index (χ1v) is 7.00. The predicted octanol–water partition coefficient (Wildman–Crippen LogP) is 2.20. The molecule has 2 aromatic rings. The van der Waals surface area contributed by atoms with E-state index in [1.807, 2.05) is 0 Å². The SMILES string of the molecule is COC(=O)/C(C#N)=C/Nc1cccc(C(=O)NCc2ccco2)c1. The zero-order chi connectivity index (χ0) is 17.4. The fourth-order valence-electron chi connectivity index (χ4n) is 1.84. The Kier molecular flexibility index (Phi) is 5.75. The van der Waals surface area contributed by atoms with Crippen molar-refractivity contribution < 1.29 is 18.7 Å². The van der Waals surface area contributed by atoms with Gasteiger partial charge in [-0.05, 0) is 30.3 Å². The van der Waals surface area contributed by atoms with E-state index < -0.39 is 5.97 Å². The van der Waals surface area contributed by atoms with Crippen molar-refractivity contribution in [2.75, 3.05) is 12.4 Å². The maximum absolute atomic E-state index is 12.1. The summed E-state index contributed by atoms with van der Waals surface area (Å²) in [6.07, 6.45) is 2.76. The van der Waals surface area contributed by atoms with E-state index in [9.17, 15) is 9.59 Å². The van der Waals surface area contributed by atoms with Crippen LogP contribution in [0.3, 0.4) is 0 Å². The van der Waals surface area contributed by atoms with Gasteiger partial charge in [0.15, 0.2) is 5.57 Å². The number of nitriles is 1. The van der Waals surface area contributed by atoms with E-state index in [4.69, 9.17) is 9.68 Å². The number of ether oxygens (including phenoxy) is 1. The van der Waals surface area contributed by atoms with Crippen LogP contribution < -0.4 is 10.6 Å². The number of hydrogen-bond donors (Lipinski definition) is 2. The molecule has 24 heavy (non-hydrogen) atoms. The van der Waals surface area contributed by atoms with E-state index in [0.717, 1.165) is 0 Å². The first kappa shape index (κ1) is 16.8. The quantitative estimate of drug-likeness (QED) is 0.479. The van der Waals surface area contributed by atoms with Gasteiger partial charge in [-0.15, -0.1) is 0 Å². The lowest BCUT2D eigenvalue weighted by Gasteiger charge is -2.06. The van der Waals surface area contributed by atoms with Crippen LogP contribution in [0.5, 0.6) is 0 Å². The molecule has 0 aliphatic heterocycles. The minimum absolute atomic E-state index is 0.176. The van der Waals surface area contributed by atoms with Crippen molar-refractivity contribution in [1.82, 2.24) is 5.32 Å². The molecule has 1 amide bonds. The van der Waals surface area contributed by atoms with E-state index in [2.05, 4.69) is 15.4 Å². The minimum atomic E-state index is -0.739. The third kappa shape index (κ3) is 4.48. The number of esters is 1. The lowest BCUT2D eigenvalue weighted by Crippen LogP contribution is -2.22. The molecule has 7 nitrogen and oxygen atoms in total. The number of furan rings is 1. The summed E-state index contributed by atoms with van der Waals surface area (Å²) in [6.45, 7) is 0.282. The molecule has 0 fully saturated rings. The number of nitrogens with one attached hydrogen (secondary N) is 2. The van der Waals surface area contributed by atoms with Gasteiger partial charge < -0.3 is 19.8 Å². The second kappa shape index (κ2) is 8.19. The molecule has 0 aliphatic rings. The molecule has 0 saturated carbocycles. The lowest BCUT2D eigenvalue weighted by molar-refractivity contribution is -0.135. The Labute approximate surface area is 138 Å². The van der Waals surface area contributed by atoms with Gasteiger partial charge in [0.2, 0.25) is 0 Å². The van der Waals surface area contributed by atoms with Crippen LogP contribution in [0.15, 0.2) is 58.9 Å². The Bertz CT molecular complexity index is 788. The molecular weight excluding hydrogens is 310 g/mol. The van der Waals surface area contributed by atoms with Crippen LogP contribution in [0.4, 0.5) is 5.69 Å². The molecule has 0 unspecified atom stereocenters. The number of benzene rings is 1. The fraction of sp³-hybridized carbons (Fsp3) is 0.118. The highest BCUT2D eigenvalue weighted by molar-refractivity contribution is 5.95. The van der Waals surface area contributed by atoms with E-state index in [1.54, 1.807) is 42.5 Å². The first-order valence-electron chi connectivity index (χ1n) is 7.00. The topological polar surface area (TPSA) is 104 Å². The number of amides is 1. The van der Waals surface area contributed by atoms with Gasteiger partial charge in [0.25, 0.3) is 5.91 Å². The van der Waals surface area contributed by atoms with E-state index in [1.165, 1.54) is 19.6 Å². The summed E-state index contributed by atoms with van der Waals surface area (Å²) in [7, 11) is 1.19. The summed E-state index contributed by atoms with van der Waals surface area (Å²) < 4.78 is 9.62. The van der Waals surface area contributed by atoms with Crippen molar-refractivity contribution in [3.63, 3.8) is 0 Å². The Balaban J connectivity index is 2.03. The number of anilines is 1. The Morgan fingerprint density at radius 1 is 1.33 bits per heavy atom. The summed E-state index contributed by atoms with van der Waals surface area (Å²) >= 11 is 0. The van der Waals surface area contributed by atoms with Crippen molar-refractivity contribution in [3.05, 3.63) is 65.8 Å². The van der Waals surface area contributed by atoms with Gasteiger partial charge in [-0.3, -0.25) is 4.79 Å². The lowest BCUT2D eigenvalue weighted by atomic mass is 10.2. The molecule has 7 heteroatoms. The fourth-order valence-corrected chi connectivity index (χ4v) is 1.84. The van der Waals surface area contributed by atoms with Gasteiger partial charge >= 0.3 is 5.97 Å². The van der Waals surface area contributed by atoms with Crippen LogP contribution in [-0.2, 0) is 16.1 Å². The van der Waals surface area contributed by atoms with E-state index in [0.29, 0.717) is 17.0 Å². The zero-order valence-electron chi connectivity index (χ0n) is 12.9. The normalized spacial score (nSPS) is 10.6. The maximum atomic E-state index is 12.1. The van der Waals surface area contributed by atoms with Crippen molar-refractivity contribution in [2.24, 2.45) is 0 Å². The molecule has 2 rings (SSSR count). The highest BCUT2D eigenvalue weighted by Crippen LogP contribution is 2.12. The number of rotatable bonds is 6. The largest absolute Gasteiger partial charge is 0.467 e. The number of nitrogens with zero attached hydrogens (tertiary/aromatic N) is 1. The Hall–Kier alpha value is -3.53. The molecule has 1 aromatic heterocycles. The van der Waals surface area contributed by atoms with E-state index >= 15 is 0 Å². The van der Waals surface area contributed by atoms with Crippen LogP contribution in [-0.4, -0.2) is 19.0 Å². The van der Waals surface area contributed by atoms with Gasteiger partial charge in [0.1, 0.15) is 11.8 Å². The predicted molar refractivity (Wildman–Crippen MR) is 85.7 cm³/mol. The van der Waals surface area contributed by atoms with Crippen LogP contribution in [0.1, 0.15) is 16.1 Å². The summed E-state index contributed by atoms with van der Waals surface area (Å²) in [4.78, 5) is 23.4. The number of hydrogen-bond acceptors (Lipinski definition) is 6. The second-order valence-electron chi connectivity index (χ2n) is 4.65. The number of methoxy groups -OCH3 is 1. The van der Waals surface area contributed by atoms with E-state index in [-0.39, 0.29) is 18.0 Å². The molecule has 0 aliphatic carbocycles. The van der Waals surface area contributed by atoms with Gasteiger partial charge in [-0.1, -0.05) is 6.07 Å². The van der Waals surface area contributed by atoms with Crippen molar-refractivity contribution in [2.45, 2.75) is 6.54 Å². The van der Waals surface area contributed by atoms with Crippen LogP contribution in [0.25, 0.3) is 0 Å². The van der Waals surface area contributed by atoms with Crippen molar-refractivity contribution in [1.29, 1.82) is 5.26 Å². The molecule has 0 atom stereocenters. The monoisotopic (exact) mass is 325 g/mol. The van der Waals surface area contributed by atoms with Gasteiger partial charge in [-0.25, -0.2) is 4.79 Å². The second-order valence-corrected chi connectivity index (χ2v) is 4.65. The average Bonchev–Trinajstić information content (AvgIpc) is 3.13. The zero-order valence-corrected chi connectivity index (χ0v) is 12.9. The summed E-state index contributed by atoms with van der Waals surface area (Å²) in [5.74, 6) is -0.359. The maximum Gasteiger partial charge on any atom is 0.350 e. The summed E-state index contributed by atoms with van der Waals surface area (Å²) in [5.41, 5.74) is 0.805. The van der Waals surface area contributed by atoms with Crippen molar-refractivity contribution >= 4 is 17.6 Å². The summed E-state index contributed by atoms with van der Waals surface area (Å²) in [5, 5.41) is 14.4. The van der Waals surface area contributed by atoms with Crippen LogP contribution in [0, 0.1) is 11.3 Å². The molecule has 1 aromatic carbocycles. The molecular formula is C17H15N3O4. The highest BCUT2D eigenvalue weighted by atomic mass is 16.5. The summed E-state index contributed by atoms with van der Waals surface area (Å²) in [6, 6.07) is 11.9. The molecule has 0 spiro atoms. The van der Waals surface area contributed by atoms with Crippen LogP contribution in [0.2, 0.25) is 0 Å². The Morgan fingerprint density at radius 2 is 2.17 bits per heavy atom. The third-order valence-corrected chi connectivity index (χ3v) is 3.04. The van der Waals surface area contributed by atoms with Gasteiger partial charge in [0, 0.05) is 17.5 Å². The average molecular weight is 325 g/mol. The Morgan fingerprint density at radius 3 is 2.83 bits per heavy atom. The number of carbonyl (C=O) groups excluding carboxylic acids is 2. The smallest absolute Gasteiger partial charge is 0.350 e. The molecule has 2 N–H and O–H groups in total. The molecule has 0 bridgehead atoms. The van der Waals surface area contributed by atoms with Crippen LogP contribution >= 0.6 is 0 Å². The molecule has 0 saturated heterocycles. The first-order chi connectivity index (χ1) is 11.6. The molecule has 0 radical (unpaired) electrons. The molecule has 1 heterocycles. The van der Waals surface area contributed by atoms with Crippen molar-refractivity contribution in [3.8, 4) is 6.07 Å². The third-order valence-electron chi connectivity index (χ3n) is 3.04. The van der Waals surface area contributed by atoms with Gasteiger partial charge in [0.05, 0.1) is 19.9 Å². The standard InChI is InChI=1S/C17H15N3O4/c1-23-17(22)13(9-18)10-19-14-5-2-4-12(8-14)16(21)20-11-15-6-3-7-24-15/h2-8,10,19H,11H2,1H3,(H,20,21)/b13-10+.